The van der Waals surface area contributed by atoms with Crippen LogP contribution in [-0.2, 0) is 20.2 Å². The number of hydrogen-bond acceptors (Lipinski definition) is 8. The van der Waals surface area contributed by atoms with Crippen LogP contribution in [0.2, 0.25) is 0 Å². The lowest BCUT2D eigenvalue weighted by atomic mass is 10.1. The van der Waals surface area contributed by atoms with Crippen LogP contribution in [0.1, 0.15) is 20.7 Å². The van der Waals surface area contributed by atoms with E-state index in [0.29, 0.717) is 11.4 Å². The smallest absolute Gasteiger partial charge is 0.266 e. The molecule has 0 atom stereocenters. The Morgan fingerprint density at radius 2 is 1.10 bits per heavy atom. The molecule has 0 bridgehead atoms. The third-order valence-electron chi connectivity index (χ3n) is 3.60. The minimum atomic E-state index is -4.17. The summed E-state index contributed by atoms with van der Waals surface area (Å²) in [6.45, 7) is -0.510. The van der Waals surface area contributed by atoms with E-state index in [1.54, 1.807) is 0 Å². The van der Waals surface area contributed by atoms with Gasteiger partial charge in [0.1, 0.15) is 0 Å². The van der Waals surface area contributed by atoms with E-state index in [9.17, 15) is 26.4 Å². The summed E-state index contributed by atoms with van der Waals surface area (Å²) in [5, 5.41) is 4.66. The molecule has 2 heterocycles. The van der Waals surface area contributed by atoms with Gasteiger partial charge in [-0.05, 0) is 24.3 Å². The summed E-state index contributed by atoms with van der Waals surface area (Å²) in [4.78, 5) is 32.0. The molecule has 2 aromatic heterocycles. The lowest BCUT2D eigenvalue weighted by Gasteiger charge is -2.06. The van der Waals surface area contributed by atoms with Gasteiger partial charge in [-0.1, -0.05) is 0 Å². The van der Waals surface area contributed by atoms with Crippen LogP contribution >= 0.6 is 0 Å². The Labute approximate surface area is 172 Å². The van der Waals surface area contributed by atoms with E-state index in [1.807, 2.05) is 0 Å². The topological polar surface area (TPSA) is 193 Å². The van der Waals surface area contributed by atoms with E-state index >= 15 is 0 Å². The highest BCUT2D eigenvalue weighted by molar-refractivity contribution is 7.86. The molecule has 0 spiro atoms. The molecule has 0 aromatic carbocycles. The molecule has 162 valence electrons. The van der Waals surface area contributed by atoms with Crippen LogP contribution in [-0.4, -0.2) is 72.3 Å². The molecule has 2 rings (SSSR count). The number of aromatic nitrogens is 2. The molecule has 0 unspecified atom stereocenters. The van der Waals surface area contributed by atoms with Crippen molar-refractivity contribution in [3.8, 4) is 11.4 Å². The van der Waals surface area contributed by atoms with Gasteiger partial charge in [0.2, 0.25) is 0 Å². The predicted octanol–water partition coefficient (Wildman–Crippen LogP) is -0.621. The Balaban J connectivity index is 1.96. The second kappa shape index (κ2) is 9.71. The maximum Gasteiger partial charge on any atom is 0.266 e. The van der Waals surface area contributed by atoms with Gasteiger partial charge in [-0.15, -0.1) is 0 Å². The third-order valence-corrected chi connectivity index (χ3v) is 5.04. The fraction of sp³-hybridized carbons (Fsp3) is 0.250. The van der Waals surface area contributed by atoms with Crippen LogP contribution in [0.4, 0.5) is 0 Å². The molecule has 0 saturated heterocycles. The third kappa shape index (κ3) is 7.82. The Bertz CT molecular complexity index is 1020. The number of nitrogens with zero attached hydrogens (tertiary/aromatic N) is 2. The zero-order valence-corrected chi connectivity index (χ0v) is 17.0. The van der Waals surface area contributed by atoms with Crippen molar-refractivity contribution < 1.29 is 35.5 Å². The Morgan fingerprint density at radius 1 is 0.733 bits per heavy atom. The second-order valence-corrected chi connectivity index (χ2v) is 9.09. The fourth-order valence-corrected chi connectivity index (χ4v) is 2.87. The van der Waals surface area contributed by atoms with Crippen molar-refractivity contribution in [2.24, 2.45) is 0 Å². The minimum absolute atomic E-state index is 0.170. The lowest BCUT2D eigenvalue weighted by molar-refractivity contribution is 0.0947. The summed E-state index contributed by atoms with van der Waals surface area (Å²) in [5.74, 6) is -2.35. The number of pyridine rings is 2. The van der Waals surface area contributed by atoms with Gasteiger partial charge in [-0.2, -0.15) is 16.8 Å². The van der Waals surface area contributed by atoms with Crippen molar-refractivity contribution in [3.63, 3.8) is 0 Å². The molecule has 2 aromatic rings. The first kappa shape index (κ1) is 23.3. The van der Waals surface area contributed by atoms with Crippen molar-refractivity contribution in [2.45, 2.75) is 0 Å². The standard InChI is InChI=1S/C16H18N4O8S2/c21-15(17-5-7-29(23,24)25)11-1-3-13(19-9-11)14-4-2-12(10-20-14)16(22)18-6-8-30(26,27)28/h1-4,9-10H,5-8H2,(H,17,21)(H,18,22)(H,23,24,25)(H,26,27,28). The monoisotopic (exact) mass is 458 g/mol. The highest BCUT2D eigenvalue weighted by atomic mass is 32.2. The van der Waals surface area contributed by atoms with Crippen LogP contribution in [0.5, 0.6) is 0 Å². The zero-order chi connectivity index (χ0) is 22.4. The van der Waals surface area contributed by atoms with Crippen molar-refractivity contribution in [2.75, 3.05) is 24.6 Å². The summed E-state index contributed by atoms with van der Waals surface area (Å²) in [5.41, 5.74) is 1.15. The van der Waals surface area contributed by atoms with Gasteiger partial charge in [0, 0.05) is 25.5 Å². The fourth-order valence-electron chi connectivity index (χ4n) is 2.15. The number of carbonyl (C=O) groups is 2. The van der Waals surface area contributed by atoms with Crippen LogP contribution in [0.3, 0.4) is 0 Å². The number of rotatable bonds is 9. The van der Waals surface area contributed by atoms with Crippen molar-refractivity contribution in [3.05, 3.63) is 47.8 Å². The molecule has 0 aliphatic carbocycles. The Morgan fingerprint density at radius 3 is 1.37 bits per heavy atom. The summed E-state index contributed by atoms with van der Waals surface area (Å²) in [6.07, 6.45) is 2.52. The Hall–Kier alpha value is -2.94. The van der Waals surface area contributed by atoms with Crippen molar-refractivity contribution in [1.29, 1.82) is 0 Å². The number of carbonyl (C=O) groups excluding carboxylic acids is 2. The molecule has 14 heteroatoms. The van der Waals surface area contributed by atoms with E-state index in [0.717, 1.165) is 0 Å². The van der Waals surface area contributed by atoms with Crippen LogP contribution in [0, 0.1) is 0 Å². The van der Waals surface area contributed by atoms with Gasteiger partial charge < -0.3 is 10.6 Å². The van der Waals surface area contributed by atoms with Gasteiger partial charge in [0.15, 0.2) is 0 Å². The quantitative estimate of drug-likeness (QED) is 0.352. The molecule has 4 N–H and O–H groups in total. The van der Waals surface area contributed by atoms with Gasteiger partial charge >= 0.3 is 0 Å². The van der Waals surface area contributed by atoms with Crippen LogP contribution in [0.15, 0.2) is 36.7 Å². The maximum atomic E-state index is 11.9. The first-order valence-corrected chi connectivity index (χ1v) is 11.6. The molecule has 2 amide bonds. The molecular weight excluding hydrogens is 440 g/mol. The highest BCUT2D eigenvalue weighted by Gasteiger charge is 2.12. The molecule has 30 heavy (non-hydrogen) atoms. The number of nitrogens with one attached hydrogen (secondary N) is 2. The molecule has 0 radical (unpaired) electrons. The van der Waals surface area contributed by atoms with Crippen LogP contribution in [0.25, 0.3) is 11.4 Å². The van der Waals surface area contributed by atoms with E-state index in [-0.39, 0.29) is 24.2 Å². The van der Waals surface area contributed by atoms with Gasteiger partial charge in [-0.25, -0.2) is 0 Å². The largest absolute Gasteiger partial charge is 0.351 e. The summed E-state index contributed by atoms with van der Waals surface area (Å²) < 4.78 is 59.8. The SMILES string of the molecule is O=C(NCCS(=O)(=O)O)c1ccc(-c2ccc(C(=O)NCCS(=O)(=O)O)cn2)nc1. The first-order valence-electron chi connectivity index (χ1n) is 8.34. The molecule has 0 aliphatic rings. The lowest BCUT2D eigenvalue weighted by Crippen LogP contribution is -2.29. The molecule has 0 saturated carbocycles. The molecule has 0 fully saturated rings. The summed E-state index contributed by atoms with van der Waals surface area (Å²) in [7, 11) is -8.34. The Kier molecular flexibility index (Phi) is 7.55. The highest BCUT2D eigenvalue weighted by Crippen LogP contribution is 2.15. The number of amides is 2. The van der Waals surface area contributed by atoms with E-state index in [1.165, 1.54) is 36.7 Å². The molecule has 0 aliphatic heterocycles. The summed E-state index contributed by atoms with van der Waals surface area (Å²) in [6, 6.07) is 5.91. The van der Waals surface area contributed by atoms with Gasteiger partial charge in [0.25, 0.3) is 32.1 Å². The molecular formula is C16H18N4O8S2. The van der Waals surface area contributed by atoms with E-state index in [4.69, 9.17) is 9.11 Å². The predicted molar refractivity (Wildman–Crippen MR) is 105 cm³/mol. The normalized spacial score (nSPS) is 11.7. The van der Waals surface area contributed by atoms with E-state index < -0.39 is 43.6 Å². The molecule has 12 nitrogen and oxygen atoms in total. The maximum absolute atomic E-state index is 11.9. The van der Waals surface area contributed by atoms with Gasteiger partial charge in [-0.3, -0.25) is 28.7 Å². The van der Waals surface area contributed by atoms with Crippen molar-refractivity contribution in [1.82, 2.24) is 20.6 Å². The second-order valence-electron chi connectivity index (χ2n) is 5.95. The van der Waals surface area contributed by atoms with Gasteiger partial charge in [0.05, 0.1) is 34.0 Å². The van der Waals surface area contributed by atoms with E-state index in [2.05, 4.69) is 20.6 Å². The average Bonchev–Trinajstić information content (AvgIpc) is 2.66. The number of hydrogen-bond donors (Lipinski definition) is 4. The van der Waals surface area contributed by atoms with Crippen molar-refractivity contribution >= 4 is 32.1 Å². The first-order chi connectivity index (χ1) is 13.9. The average molecular weight is 458 g/mol. The minimum Gasteiger partial charge on any atom is -0.351 e. The summed E-state index contributed by atoms with van der Waals surface area (Å²) >= 11 is 0. The van der Waals surface area contributed by atoms with Crippen LogP contribution < -0.4 is 10.6 Å². The zero-order valence-electron chi connectivity index (χ0n) is 15.3.